The highest BCUT2D eigenvalue weighted by Crippen LogP contribution is 2.18. The lowest BCUT2D eigenvalue weighted by atomic mass is 10.4. The molecule has 1 aromatic carbocycles. The first-order valence-corrected chi connectivity index (χ1v) is 6.92. The molecule has 0 aliphatic rings. The normalized spacial score (nSPS) is 11.7. The first kappa shape index (κ1) is 12.8. The molecule has 0 radical (unpaired) electrons. The zero-order chi connectivity index (χ0) is 13.2. The van der Waals surface area contributed by atoms with Gasteiger partial charge in [0.25, 0.3) is 0 Å². The summed E-state index contributed by atoms with van der Waals surface area (Å²) in [6.45, 7) is 0.208. The second kappa shape index (κ2) is 4.91. The molecule has 4 nitrogen and oxygen atoms in total. The van der Waals surface area contributed by atoms with Crippen LogP contribution in [0.5, 0.6) is 0 Å². The van der Waals surface area contributed by atoms with E-state index >= 15 is 0 Å². The fraction of sp³-hybridized carbons (Fsp3) is 0.167. The lowest BCUT2D eigenvalue weighted by Crippen LogP contribution is -2.04. The molecule has 96 valence electrons. The van der Waals surface area contributed by atoms with Gasteiger partial charge in [0.05, 0.1) is 11.4 Å². The van der Waals surface area contributed by atoms with Crippen molar-refractivity contribution in [1.82, 2.24) is 0 Å². The molecule has 0 unspecified atom stereocenters. The number of hydrogen-bond acceptors (Lipinski definition) is 4. The molecule has 0 saturated carbocycles. The number of halogens is 1. The molecule has 0 amide bonds. The van der Waals surface area contributed by atoms with E-state index in [1.807, 2.05) is 0 Å². The summed E-state index contributed by atoms with van der Waals surface area (Å²) in [5.74, 6) is -0.0893. The largest absolute Gasteiger partial charge is 0.464 e. The molecule has 2 rings (SSSR count). The van der Waals surface area contributed by atoms with Gasteiger partial charge in [-0.1, -0.05) is 6.07 Å². The number of nitrogens with two attached hydrogens (primary N) is 1. The first-order chi connectivity index (χ1) is 8.51. The van der Waals surface area contributed by atoms with Crippen LogP contribution in [-0.2, 0) is 22.1 Å². The quantitative estimate of drug-likeness (QED) is 0.919. The van der Waals surface area contributed by atoms with Crippen LogP contribution in [0.15, 0.2) is 45.7 Å². The molecule has 0 spiro atoms. The highest BCUT2D eigenvalue weighted by Gasteiger charge is 2.18. The zero-order valence-corrected chi connectivity index (χ0v) is 10.3. The van der Waals surface area contributed by atoms with Crippen molar-refractivity contribution in [2.75, 3.05) is 0 Å². The van der Waals surface area contributed by atoms with Crippen LogP contribution in [0, 0.1) is 5.82 Å². The molecule has 0 fully saturated rings. The maximum absolute atomic E-state index is 13.0. The molecule has 6 heteroatoms. The monoisotopic (exact) mass is 269 g/mol. The van der Waals surface area contributed by atoms with E-state index in [2.05, 4.69) is 0 Å². The Balaban J connectivity index is 2.27. The maximum atomic E-state index is 13.0. The van der Waals surface area contributed by atoms with Gasteiger partial charge in [0, 0.05) is 0 Å². The van der Waals surface area contributed by atoms with Gasteiger partial charge in [-0.05, 0) is 30.3 Å². The van der Waals surface area contributed by atoms with E-state index in [9.17, 15) is 12.8 Å². The van der Waals surface area contributed by atoms with Gasteiger partial charge in [0.15, 0.2) is 9.84 Å². The highest BCUT2D eigenvalue weighted by molar-refractivity contribution is 7.90. The van der Waals surface area contributed by atoms with Crippen molar-refractivity contribution < 1.29 is 17.2 Å². The first-order valence-electron chi connectivity index (χ1n) is 5.27. The molecule has 1 aromatic heterocycles. The highest BCUT2D eigenvalue weighted by atomic mass is 32.2. The summed E-state index contributed by atoms with van der Waals surface area (Å²) in [5, 5.41) is 0. The average Bonchev–Trinajstić information content (AvgIpc) is 2.76. The Kier molecular flexibility index (Phi) is 3.49. The summed E-state index contributed by atoms with van der Waals surface area (Å²) >= 11 is 0. The van der Waals surface area contributed by atoms with Gasteiger partial charge in [0.1, 0.15) is 23.1 Å². The van der Waals surface area contributed by atoms with Gasteiger partial charge in [-0.15, -0.1) is 0 Å². The van der Waals surface area contributed by atoms with Crippen molar-refractivity contribution in [3.63, 3.8) is 0 Å². The van der Waals surface area contributed by atoms with Gasteiger partial charge >= 0.3 is 0 Å². The van der Waals surface area contributed by atoms with E-state index in [-0.39, 0.29) is 17.2 Å². The number of sulfone groups is 1. The van der Waals surface area contributed by atoms with E-state index in [0.29, 0.717) is 11.5 Å². The minimum absolute atomic E-state index is 0.0619. The standard InChI is InChI=1S/C12H12FNO3S/c13-9-2-1-3-12(6-9)18(15,16)8-11-5-4-10(7-14)17-11/h1-6H,7-8,14H2. The fourth-order valence-electron chi connectivity index (χ4n) is 1.54. The van der Waals surface area contributed by atoms with Crippen molar-refractivity contribution in [3.05, 3.63) is 53.7 Å². The minimum Gasteiger partial charge on any atom is -0.464 e. The fourth-order valence-corrected chi connectivity index (χ4v) is 2.82. The smallest absolute Gasteiger partial charge is 0.185 e. The van der Waals surface area contributed by atoms with Gasteiger partial charge in [-0.25, -0.2) is 12.8 Å². The molecule has 0 aliphatic heterocycles. The Morgan fingerprint density at radius 2 is 1.89 bits per heavy atom. The summed E-state index contributed by atoms with van der Waals surface area (Å²) in [6, 6.07) is 8.07. The van der Waals surface area contributed by atoms with Crippen molar-refractivity contribution >= 4 is 9.84 Å². The van der Waals surface area contributed by atoms with Crippen molar-refractivity contribution in [3.8, 4) is 0 Å². The van der Waals surface area contributed by atoms with Crippen molar-refractivity contribution in [2.45, 2.75) is 17.2 Å². The summed E-state index contributed by atoms with van der Waals surface area (Å²) in [6.07, 6.45) is 0. The van der Waals surface area contributed by atoms with Gasteiger partial charge in [-0.3, -0.25) is 0 Å². The third-order valence-electron chi connectivity index (χ3n) is 2.41. The van der Waals surface area contributed by atoms with Crippen LogP contribution in [0.4, 0.5) is 4.39 Å². The van der Waals surface area contributed by atoms with Crippen LogP contribution < -0.4 is 5.73 Å². The summed E-state index contributed by atoms with van der Waals surface area (Å²) in [7, 11) is -3.61. The zero-order valence-electron chi connectivity index (χ0n) is 9.47. The molecule has 0 atom stereocenters. The van der Waals surface area contributed by atoms with Gasteiger partial charge in [0.2, 0.25) is 0 Å². The molecule has 2 aromatic rings. The van der Waals surface area contributed by atoms with Crippen LogP contribution >= 0.6 is 0 Å². The van der Waals surface area contributed by atoms with Crippen molar-refractivity contribution in [2.24, 2.45) is 5.73 Å². The Hall–Kier alpha value is -1.66. The molecular formula is C12H12FNO3S. The van der Waals surface area contributed by atoms with Crippen LogP contribution in [-0.4, -0.2) is 8.42 Å². The van der Waals surface area contributed by atoms with Crippen LogP contribution in [0.1, 0.15) is 11.5 Å². The Morgan fingerprint density at radius 1 is 1.17 bits per heavy atom. The van der Waals surface area contributed by atoms with E-state index in [4.69, 9.17) is 10.2 Å². The van der Waals surface area contributed by atoms with E-state index in [1.54, 1.807) is 12.1 Å². The van der Waals surface area contributed by atoms with Crippen LogP contribution in [0.25, 0.3) is 0 Å². The second-order valence-electron chi connectivity index (χ2n) is 3.79. The molecule has 0 saturated heterocycles. The van der Waals surface area contributed by atoms with Gasteiger partial charge < -0.3 is 10.2 Å². The van der Waals surface area contributed by atoms with E-state index < -0.39 is 15.7 Å². The summed E-state index contributed by atoms with van der Waals surface area (Å²) in [4.78, 5) is -0.0619. The SMILES string of the molecule is NCc1ccc(CS(=O)(=O)c2cccc(F)c2)o1. The molecule has 18 heavy (non-hydrogen) atoms. The number of rotatable bonds is 4. The van der Waals surface area contributed by atoms with E-state index in [0.717, 1.165) is 6.07 Å². The lowest BCUT2D eigenvalue weighted by molar-refractivity contribution is 0.477. The predicted octanol–water partition coefficient (Wildman–Crippen LogP) is 1.85. The third-order valence-corrected chi connectivity index (χ3v) is 4.04. The average molecular weight is 269 g/mol. The molecule has 0 bridgehead atoms. The molecule has 2 N–H and O–H groups in total. The van der Waals surface area contributed by atoms with E-state index in [1.165, 1.54) is 18.2 Å². The molecular weight excluding hydrogens is 257 g/mol. The maximum Gasteiger partial charge on any atom is 0.185 e. The lowest BCUT2D eigenvalue weighted by Gasteiger charge is -2.02. The Morgan fingerprint density at radius 3 is 2.50 bits per heavy atom. The van der Waals surface area contributed by atoms with Crippen molar-refractivity contribution in [1.29, 1.82) is 0 Å². The number of hydrogen-bond donors (Lipinski definition) is 1. The minimum atomic E-state index is -3.61. The number of furan rings is 1. The van der Waals surface area contributed by atoms with Crippen LogP contribution in [0.3, 0.4) is 0 Å². The molecule has 1 heterocycles. The molecule has 0 aliphatic carbocycles. The Labute approximate surface area is 104 Å². The Bertz CT molecular complexity index is 649. The number of benzene rings is 1. The summed E-state index contributed by atoms with van der Waals surface area (Å²) in [5.41, 5.74) is 5.37. The topological polar surface area (TPSA) is 73.3 Å². The third kappa shape index (κ3) is 2.77. The predicted molar refractivity (Wildman–Crippen MR) is 63.9 cm³/mol. The summed E-state index contributed by atoms with van der Waals surface area (Å²) < 4.78 is 42.2. The second-order valence-corrected chi connectivity index (χ2v) is 5.78. The van der Waals surface area contributed by atoms with Gasteiger partial charge in [-0.2, -0.15) is 0 Å². The van der Waals surface area contributed by atoms with Crippen LogP contribution in [0.2, 0.25) is 0 Å².